The Balaban J connectivity index is 1.36. The minimum absolute atomic E-state index is 0.0209. The van der Waals surface area contributed by atoms with Crippen LogP contribution in [0.25, 0.3) is 76.9 Å². The van der Waals surface area contributed by atoms with Crippen molar-refractivity contribution in [2.24, 2.45) is 0 Å². The Morgan fingerprint density at radius 2 is 0.956 bits per heavy atom. The minimum Gasteiger partial charge on any atom is -0.309 e. The van der Waals surface area contributed by atoms with Crippen molar-refractivity contribution < 1.29 is 0 Å². The van der Waals surface area contributed by atoms with Gasteiger partial charge in [-0.1, -0.05) is 105 Å². The highest BCUT2D eigenvalue weighted by Crippen LogP contribution is 2.49. The van der Waals surface area contributed by atoms with Gasteiger partial charge in [-0.2, -0.15) is 0 Å². The quantitative estimate of drug-likeness (QED) is 0.194. The van der Waals surface area contributed by atoms with E-state index in [1.165, 1.54) is 88.0 Å². The lowest BCUT2D eigenvalue weighted by Crippen LogP contribution is -2.14. The van der Waals surface area contributed by atoms with E-state index in [1.54, 1.807) is 0 Å². The largest absolute Gasteiger partial charge is 0.309 e. The lowest BCUT2D eigenvalue weighted by molar-refractivity contribution is 0.660. The van der Waals surface area contributed by atoms with Crippen LogP contribution < -0.4 is 0 Å². The summed E-state index contributed by atoms with van der Waals surface area (Å²) in [6.45, 7) is 4.70. The second-order valence-electron chi connectivity index (χ2n) is 13.0. The van der Waals surface area contributed by atoms with Gasteiger partial charge in [0, 0.05) is 38.3 Å². The highest BCUT2D eigenvalue weighted by molar-refractivity contribution is 6.20. The Morgan fingerprint density at radius 3 is 1.78 bits per heavy atom. The molecular weight excluding hydrogens is 544 g/mol. The third kappa shape index (κ3) is 3.29. The molecule has 0 N–H and O–H groups in total. The van der Waals surface area contributed by atoms with Crippen LogP contribution in [-0.4, -0.2) is 9.13 Å². The van der Waals surface area contributed by atoms with E-state index in [1.807, 2.05) is 0 Å². The molecule has 0 amide bonds. The summed E-state index contributed by atoms with van der Waals surface area (Å²) in [4.78, 5) is 0. The van der Waals surface area contributed by atoms with E-state index in [-0.39, 0.29) is 5.41 Å². The Hall–Kier alpha value is -5.60. The number of aromatic nitrogens is 2. The van der Waals surface area contributed by atoms with Gasteiger partial charge < -0.3 is 9.13 Å². The highest BCUT2D eigenvalue weighted by Gasteiger charge is 2.35. The van der Waals surface area contributed by atoms with Gasteiger partial charge in [0.15, 0.2) is 0 Å². The Kier molecular flexibility index (Phi) is 4.82. The molecular formula is C43H30N2. The van der Waals surface area contributed by atoms with E-state index in [0.29, 0.717) is 0 Å². The predicted molar refractivity (Wildman–Crippen MR) is 190 cm³/mol. The highest BCUT2D eigenvalue weighted by atomic mass is 15.0. The number of nitrogens with zero attached hydrogens (tertiary/aromatic N) is 2. The van der Waals surface area contributed by atoms with Crippen molar-refractivity contribution in [1.29, 1.82) is 0 Å². The summed E-state index contributed by atoms with van der Waals surface area (Å²) in [5, 5.41) is 7.59. The molecule has 0 unspecified atom stereocenters. The van der Waals surface area contributed by atoms with Crippen LogP contribution in [0.3, 0.4) is 0 Å². The molecule has 7 aromatic carbocycles. The normalized spacial score (nSPS) is 13.7. The summed E-state index contributed by atoms with van der Waals surface area (Å²) in [7, 11) is 0. The Bertz CT molecular complexity index is 2670. The van der Waals surface area contributed by atoms with E-state index >= 15 is 0 Å². The molecule has 0 atom stereocenters. The van der Waals surface area contributed by atoms with Gasteiger partial charge in [-0.3, -0.25) is 0 Å². The van der Waals surface area contributed by atoms with E-state index in [2.05, 4.69) is 169 Å². The smallest absolute Gasteiger partial charge is 0.0548 e. The molecule has 0 aliphatic heterocycles. The fourth-order valence-corrected chi connectivity index (χ4v) is 8.14. The zero-order chi connectivity index (χ0) is 29.9. The molecule has 1 aliphatic rings. The van der Waals surface area contributed by atoms with Gasteiger partial charge in [0.05, 0.1) is 22.1 Å². The van der Waals surface area contributed by atoms with Gasteiger partial charge in [-0.15, -0.1) is 0 Å². The zero-order valence-electron chi connectivity index (χ0n) is 25.3. The maximum Gasteiger partial charge on any atom is 0.0548 e. The molecule has 0 bridgehead atoms. The van der Waals surface area contributed by atoms with Crippen LogP contribution in [0.15, 0.2) is 146 Å². The standard InChI is InChI=1S/C43H30N2/c1-43(2)37-18-10-8-16-31(37)33-24-30(20-21-38(33)43)45-40-23-28-13-7-6-12-27(28)22-34(40)36-26-41-35(25-42(36)45)32-17-9-11-19-39(32)44(41)29-14-4-3-5-15-29/h3-26H,1-2H3. The molecule has 45 heavy (non-hydrogen) atoms. The average molecular weight is 575 g/mol. The lowest BCUT2D eigenvalue weighted by Gasteiger charge is -2.21. The van der Waals surface area contributed by atoms with E-state index in [4.69, 9.17) is 0 Å². The summed E-state index contributed by atoms with van der Waals surface area (Å²) in [5.74, 6) is 0. The van der Waals surface area contributed by atoms with Crippen LogP contribution in [0.1, 0.15) is 25.0 Å². The fourth-order valence-electron chi connectivity index (χ4n) is 8.14. The van der Waals surface area contributed by atoms with Crippen LogP contribution >= 0.6 is 0 Å². The van der Waals surface area contributed by atoms with Gasteiger partial charge in [-0.05, 0) is 87.6 Å². The van der Waals surface area contributed by atoms with E-state index in [0.717, 1.165) is 0 Å². The van der Waals surface area contributed by atoms with Crippen LogP contribution in [-0.2, 0) is 5.41 Å². The SMILES string of the molecule is CC1(C)c2ccccc2-c2cc(-n3c4cc5ccccc5cc4c4cc5c(cc43)c3ccccc3n5-c3ccccc3)ccc21. The predicted octanol–water partition coefficient (Wildman–Crippen LogP) is 11.3. The van der Waals surface area contributed by atoms with Gasteiger partial charge in [0.2, 0.25) is 0 Å². The van der Waals surface area contributed by atoms with Crippen molar-refractivity contribution in [3.05, 3.63) is 157 Å². The summed E-state index contributed by atoms with van der Waals surface area (Å²) >= 11 is 0. The second kappa shape index (κ2) is 8.74. The number of rotatable bonds is 2. The molecule has 9 aromatic rings. The molecule has 0 saturated heterocycles. The molecule has 0 spiro atoms. The number of hydrogen-bond acceptors (Lipinski definition) is 0. The van der Waals surface area contributed by atoms with Crippen molar-refractivity contribution in [3.8, 4) is 22.5 Å². The summed E-state index contributed by atoms with van der Waals surface area (Å²) in [6, 6.07) is 53.9. The van der Waals surface area contributed by atoms with Gasteiger partial charge in [0.25, 0.3) is 0 Å². The van der Waals surface area contributed by atoms with Gasteiger partial charge in [0.1, 0.15) is 0 Å². The summed E-state index contributed by atoms with van der Waals surface area (Å²) in [6.07, 6.45) is 0. The van der Waals surface area contributed by atoms with Gasteiger partial charge >= 0.3 is 0 Å². The first-order valence-electron chi connectivity index (χ1n) is 15.8. The van der Waals surface area contributed by atoms with Crippen LogP contribution in [0, 0.1) is 0 Å². The van der Waals surface area contributed by atoms with Crippen LogP contribution in [0.4, 0.5) is 0 Å². The monoisotopic (exact) mass is 574 g/mol. The maximum atomic E-state index is 2.50. The number of fused-ring (bicyclic) bond motifs is 10. The first kappa shape index (κ1) is 24.8. The topological polar surface area (TPSA) is 9.86 Å². The molecule has 2 heteroatoms. The molecule has 2 aromatic heterocycles. The summed E-state index contributed by atoms with van der Waals surface area (Å²) < 4.78 is 4.92. The Labute approximate surface area is 261 Å². The average Bonchev–Trinajstić information content (AvgIpc) is 3.65. The Morgan fingerprint density at radius 1 is 0.378 bits per heavy atom. The number of benzene rings is 7. The maximum absolute atomic E-state index is 2.50. The van der Waals surface area contributed by atoms with Crippen molar-refractivity contribution in [1.82, 2.24) is 9.13 Å². The van der Waals surface area contributed by atoms with Crippen molar-refractivity contribution >= 4 is 54.4 Å². The molecule has 2 nitrogen and oxygen atoms in total. The number of para-hydroxylation sites is 2. The molecule has 10 rings (SSSR count). The second-order valence-corrected chi connectivity index (χ2v) is 13.0. The lowest BCUT2D eigenvalue weighted by atomic mass is 9.82. The first-order chi connectivity index (χ1) is 22.1. The van der Waals surface area contributed by atoms with Crippen molar-refractivity contribution in [3.63, 3.8) is 0 Å². The van der Waals surface area contributed by atoms with Gasteiger partial charge in [-0.25, -0.2) is 0 Å². The molecule has 0 fully saturated rings. The van der Waals surface area contributed by atoms with Crippen molar-refractivity contribution in [2.45, 2.75) is 19.3 Å². The zero-order valence-corrected chi connectivity index (χ0v) is 25.3. The fraction of sp³-hybridized carbons (Fsp3) is 0.0698. The molecule has 212 valence electrons. The molecule has 1 aliphatic carbocycles. The third-order valence-electron chi connectivity index (χ3n) is 10.3. The minimum atomic E-state index is -0.0209. The molecule has 0 radical (unpaired) electrons. The van der Waals surface area contributed by atoms with Crippen LogP contribution in [0.5, 0.6) is 0 Å². The molecule has 2 heterocycles. The van der Waals surface area contributed by atoms with Crippen molar-refractivity contribution in [2.75, 3.05) is 0 Å². The first-order valence-corrected chi connectivity index (χ1v) is 15.8. The van der Waals surface area contributed by atoms with Crippen LogP contribution in [0.2, 0.25) is 0 Å². The molecule has 0 saturated carbocycles. The third-order valence-corrected chi connectivity index (χ3v) is 10.3. The summed E-state index contributed by atoms with van der Waals surface area (Å²) in [5.41, 5.74) is 12.8. The van der Waals surface area contributed by atoms with E-state index in [9.17, 15) is 0 Å². The number of hydrogen-bond donors (Lipinski definition) is 0. The van der Waals surface area contributed by atoms with E-state index < -0.39 is 0 Å².